The van der Waals surface area contributed by atoms with E-state index in [9.17, 15) is 18.5 Å². The van der Waals surface area contributed by atoms with E-state index in [1.807, 2.05) is 0 Å². The maximum absolute atomic E-state index is 12.2. The summed E-state index contributed by atoms with van der Waals surface area (Å²) in [5, 5.41) is 11.1. The van der Waals surface area contributed by atoms with Gasteiger partial charge in [-0.25, -0.2) is 13.1 Å². The van der Waals surface area contributed by atoms with Gasteiger partial charge in [0.15, 0.2) is 0 Å². The van der Waals surface area contributed by atoms with E-state index in [0.29, 0.717) is 10.6 Å². The number of sulfonamides is 1. The molecule has 2 aromatic rings. The van der Waals surface area contributed by atoms with Crippen molar-refractivity contribution >= 4 is 27.3 Å². The Morgan fingerprint density at radius 3 is 2.43 bits per heavy atom. The topological polar surface area (TPSA) is 89.3 Å². The minimum atomic E-state index is -3.59. The number of benzene rings is 2. The molecule has 2 aromatic carbocycles. The third-order valence-electron chi connectivity index (χ3n) is 3.21. The Morgan fingerprint density at radius 1 is 1.22 bits per heavy atom. The summed E-state index contributed by atoms with van der Waals surface area (Å²) in [7, 11) is -3.59. The number of rotatable bonds is 6. The normalized spacial score (nSPS) is 12.8. The smallest absolute Gasteiger partial charge is 0.258 e. The molecule has 0 saturated carbocycles. The number of nitro groups is 1. The third-order valence-corrected chi connectivity index (χ3v) is 4.87. The van der Waals surface area contributed by atoms with Crippen molar-refractivity contribution in [2.75, 3.05) is 0 Å². The van der Waals surface area contributed by atoms with Gasteiger partial charge in [-0.15, -0.1) is 0 Å². The van der Waals surface area contributed by atoms with Gasteiger partial charge < -0.3 is 0 Å². The highest BCUT2D eigenvalue weighted by atomic mass is 35.5. The van der Waals surface area contributed by atoms with Crippen LogP contribution in [0.15, 0.2) is 48.5 Å². The zero-order chi connectivity index (χ0) is 17.0. The van der Waals surface area contributed by atoms with Gasteiger partial charge in [-0.3, -0.25) is 10.1 Å². The van der Waals surface area contributed by atoms with Crippen LogP contribution >= 0.6 is 11.6 Å². The first-order valence-corrected chi connectivity index (χ1v) is 8.79. The average Bonchev–Trinajstić information content (AvgIpc) is 2.46. The molecule has 0 fully saturated rings. The first-order valence-electron chi connectivity index (χ1n) is 6.75. The van der Waals surface area contributed by atoms with E-state index in [-0.39, 0.29) is 11.4 Å². The van der Waals surface area contributed by atoms with Crippen LogP contribution in [0, 0.1) is 10.1 Å². The van der Waals surface area contributed by atoms with Gasteiger partial charge in [-0.05, 0) is 30.2 Å². The number of hydrogen-bond acceptors (Lipinski definition) is 4. The van der Waals surface area contributed by atoms with Crippen LogP contribution in [0.3, 0.4) is 0 Å². The lowest BCUT2D eigenvalue weighted by Crippen LogP contribution is -2.28. The minimum Gasteiger partial charge on any atom is -0.258 e. The van der Waals surface area contributed by atoms with Gasteiger partial charge in [-0.1, -0.05) is 35.9 Å². The fourth-order valence-corrected chi connectivity index (χ4v) is 3.68. The maximum Gasteiger partial charge on any atom is 0.269 e. The number of nitrogens with one attached hydrogen (secondary N) is 1. The monoisotopic (exact) mass is 354 g/mol. The molecule has 23 heavy (non-hydrogen) atoms. The number of halogens is 1. The van der Waals surface area contributed by atoms with E-state index >= 15 is 0 Å². The molecule has 0 spiro atoms. The summed E-state index contributed by atoms with van der Waals surface area (Å²) >= 11 is 5.90. The van der Waals surface area contributed by atoms with E-state index in [2.05, 4.69) is 4.72 Å². The molecular formula is C15H15ClN2O4S. The Labute approximate surface area is 139 Å². The van der Waals surface area contributed by atoms with Crippen LogP contribution in [0.4, 0.5) is 5.69 Å². The average molecular weight is 355 g/mol. The van der Waals surface area contributed by atoms with E-state index < -0.39 is 21.0 Å². The van der Waals surface area contributed by atoms with Gasteiger partial charge >= 0.3 is 0 Å². The number of non-ortho nitro benzene ring substituents is 1. The predicted octanol–water partition coefficient (Wildman–Crippen LogP) is 3.43. The molecular weight excluding hydrogens is 340 g/mol. The standard InChI is InChI=1S/C15H15ClN2O4S/c1-11(13-3-2-4-14(16)9-13)17-23(21,22)10-12-5-7-15(8-6-12)18(19)20/h2-9,11,17H,10H2,1H3/t11-/m1/s1. The lowest BCUT2D eigenvalue weighted by molar-refractivity contribution is -0.384. The molecule has 0 heterocycles. The Bertz CT molecular complexity index is 806. The summed E-state index contributed by atoms with van der Waals surface area (Å²) in [6, 6.07) is 11.9. The van der Waals surface area contributed by atoms with Crippen molar-refractivity contribution in [3.63, 3.8) is 0 Å². The molecule has 6 nitrogen and oxygen atoms in total. The lowest BCUT2D eigenvalue weighted by atomic mass is 10.1. The van der Waals surface area contributed by atoms with E-state index in [4.69, 9.17) is 11.6 Å². The summed E-state index contributed by atoms with van der Waals surface area (Å²) in [4.78, 5) is 10.1. The minimum absolute atomic E-state index is 0.0774. The molecule has 0 amide bonds. The predicted molar refractivity (Wildman–Crippen MR) is 88.7 cm³/mol. The molecule has 1 atom stereocenters. The number of nitrogens with zero attached hydrogens (tertiary/aromatic N) is 1. The molecule has 0 saturated heterocycles. The van der Waals surface area contributed by atoms with E-state index in [1.54, 1.807) is 31.2 Å². The molecule has 2 rings (SSSR count). The van der Waals surface area contributed by atoms with Gasteiger partial charge in [0, 0.05) is 23.2 Å². The maximum atomic E-state index is 12.2. The zero-order valence-electron chi connectivity index (χ0n) is 12.3. The Balaban J connectivity index is 2.08. The molecule has 0 bridgehead atoms. The molecule has 0 aliphatic heterocycles. The largest absolute Gasteiger partial charge is 0.269 e. The van der Waals surface area contributed by atoms with Gasteiger partial charge in [0.05, 0.1) is 10.7 Å². The van der Waals surface area contributed by atoms with Crippen molar-refractivity contribution in [2.24, 2.45) is 0 Å². The van der Waals surface area contributed by atoms with Gasteiger partial charge in [0.2, 0.25) is 10.0 Å². The van der Waals surface area contributed by atoms with Crippen LogP contribution in [0.5, 0.6) is 0 Å². The van der Waals surface area contributed by atoms with Crippen molar-refractivity contribution in [3.8, 4) is 0 Å². The van der Waals surface area contributed by atoms with Crippen LogP contribution in [0.2, 0.25) is 5.02 Å². The summed E-state index contributed by atoms with van der Waals surface area (Å²) in [6.07, 6.45) is 0. The fourth-order valence-electron chi connectivity index (χ4n) is 2.09. The first kappa shape index (κ1) is 17.4. The van der Waals surface area contributed by atoms with Crippen LogP contribution in [-0.4, -0.2) is 13.3 Å². The van der Waals surface area contributed by atoms with Crippen LogP contribution in [0.25, 0.3) is 0 Å². The Hall–Kier alpha value is -1.96. The highest BCUT2D eigenvalue weighted by Crippen LogP contribution is 2.19. The highest BCUT2D eigenvalue weighted by Gasteiger charge is 2.17. The van der Waals surface area contributed by atoms with Crippen molar-refractivity contribution in [2.45, 2.75) is 18.7 Å². The third kappa shape index (κ3) is 5.02. The number of nitro benzene ring substituents is 1. The van der Waals surface area contributed by atoms with Crippen molar-refractivity contribution < 1.29 is 13.3 Å². The van der Waals surface area contributed by atoms with E-state index in [0.717, 1.165) is 5.56 Å². The van der Waals surface area contributed by atoms with Crippen molar-refractivity contribution in [3.05, 3.63) is 74.8 Å². The fraction of sp³-hybridized carbons (Fsp3) is 0.200. The second-order valence-corrected chi connectivity index (χ2v) is 7.27. The summed E-state index contributed by atoms with van der Waals surface area (Å²) in [6.45, 7) is 1.72. The molecule has 0 unspecified atom stereocenters. The molecule has 0 aliphatic carbocycles. The van der Waals surface area contributed by atoms with Crippen LogP contribution in [-0.2, 0) is 15.8 Å². The van der Waals surface area contributed by atoms with Crippen LogP contribution < -0.4 is 4.72 Å². The first-order chi connectivity index (χ1) is 10.8. The lowest BCUT2D eigenvalue weighted by Gasteiger charge is -2.15. The SMILES string of the molecule is C[C@@H](NS(=O)(=O)Cc1ccc([N+](=O)[O-])cc1)c1cccc(Cl)c1. The Kier molecular flexibility index (Phi) is 5.35. The molecule has 0 aliphatic rings. The highest BCUT2D eigenvalue weighted by molar-refractivity contribution is 7.88. The van der Waals surface area contributed by atoms with Crippen molar-refractivity contribution in [1.82, 2.24) is 4.72 Å². The van der Waals surface area contributed by atoms with Gasteiger partial charge in [-0.2, -0.15) is 0 Å². The van der Waals surface area contributed by atoms with Gasteiger partial charge in [0.25, 0.3) is 5.69 Å². The number of hydrogen-bond donors (Lipinski definition) is 1. The second-order valence-electron chi connectivity index (χ2n) is 5.08. The van der Waals surface area contributed by atoms with Crippen LogP contribution in [0.1, 0.15) is 24.1 Å². The van der Waals surface area contributed by atoms with E-state index in [1.165, 1.54) is 24.3 Å². The molecule has 8 heteroatoms. The second kappa shape index (κ2) is 7.08. The molecule has 1 N–H and O–H groups in total. The Morgan fingerprint density at radius 2 is 1.87 bits per heavy atom. The van der Waals surface area contributed by atoms with Crippen molar-refractivity contribution in [1.29, 1.82) is 0 Å². The molecule has 0 radical (unpaired) electrons. The van der Waals surface area contributed by atoms with Gasteiger partial charge in [0.1, 0.15) is 0 Å². The summed E-state index contributed by atoms with van der Waals surface area (Å²) in [5.41, 5.74) is 1.15. The quantitative estimate of drug-likeness (QED) is 0.635. The molecule has 122 valence electrons. The zero-order valence-corrected chi connectivity index (χ0v) is 13.8. The summed E-state index contributed by atoms with van der Waals surface area (Å²) in [5.74, 6) is -0.254. The molecule has 0 aromatic heterocycles. The summed E-state index contributed by atoms with van der Waals surface area (Å²) < 4.78 is 27.0.